The SMILES string of the molecule is O=C(CC1CNCCO1)c1cccc(C(F)(F)F)c1. The second-order valence-electron chi connectivity index (χ2n) is 4.40. The average Bonchev–Trinajstić information content (AvgIpc) is 2.39. The van der Waals surface area contributed by atoms with Gasteiger partial charge in [-0.05, 0) is 12.1 Å². The van der Waals surface area contributed by atoms with E-state index in [0.717, 1.165) is 18.7 Å². The number of morpholine rings is 1. The van der Waals surface area contributed by atoms with Gasteiger partial charge in [-0.15, -0.1) is 0 Å². The third-order valence-corrected chi connectivity index (χ3v) is 2.93. The predicted molar refractivity (Wildman–Crippen MR) is 63.0 cm³/mol. The number of carbonyl (C=O) groups excluding carboxylic acids is 1. The largest absolute Gasteiger partial charge is 0.416 e. The van der Waals surface area contributed by atoms with Crippen molar-refractivity contribution in [3.05, 3.63) is 35.4 Å². The third-order valence-electron chi connectivity index (χ3n) is 2.93. The van der Waals surface area contributed by atoms with E-state index in [0.29, 0.717) is 13.2 Å². The van der Waals surface area contributed by atoms with E-state index in [-0.39, 0.29) is 23.9 Å². The summed E-state index contributed by atoms with van der Waals surface area (Å²) < 4.78 is 43.0. The lowest BCUT2D eigenvalue weighted by Gasteiger charge is -2.23. The number of hydrogen-bond acceptors (Lipinski definition) is 3. The molecule has 0 bridgehead atoms. The third kappa shape index (κ3) is 3.78. The van der Waals surface area contributed by atoms with Crippen molar-refractivity contribution in [2.24, 2.45) is 0 Å². The minimum absolute atomic E-state index is 0.0731. The standard InChI is InChI=1S/C13H14F3NO2/c14-13(15,16)10-3-1-2-9(6-10)12(18)7-11-8-17-4-5-19-11/h1-3,6,11,17H,4-5,7-8H2. The monoisotopic (exact) mass is 273 g/mol. The van der Waals surface area contributed by atoms with Crippen LogP contribution in [0.4, 0.5) is 13.2 Å². The van der Waals surface area contributed by atoms with Gasteiger partial charge in [0.1, 0.15) is 0 Å². The molecule has 104 valence electrons. The molecule has 1 atom stereocenters. The van der Waals surface area contributed by atoms with E-state index in [4.69, 9.17) is 4.74 Å². The maximum Gasteiger partial charge on any atom is 0.416 e. The molecule has 0 amide bonds. The summed E-state index contributed by atoms with van der Waals surface area (Å²) >= 11 is 0. The molecule has 1 aliphatic heterocycles. The molecule has 6 heteroatoms. The summed E-state index contributed by atoms with van der Waals surface area (Å²) in [5.74, 6) is -0.334. The van der Waals surface area contributed by atoms with Crippen LogP contribution in [0.1, 0.15) is 22.3 Å². The molecule has 1 unspecified atom stereocenters. The van der Waals surface area contributed by atoms with Crippen molar-refractivity contribution in [2.75, 3.05) is 19.7 Å². The second-order valence-corrected chi connectivity index (χ2v) is 4.40. The van der Waals surface area contributed by atoms with Gasteiger partial charge in [0.2, 0.25) is 0 Å². The van der Waals surface area contributed by atoms with Gasteiger partial charge in [0.05, 0.1) is 18.3 Å². The number of ether oxygens (including phenoxy) is 1. The number of carbonyl (C=O) groups is 1. The number of nitrogens with one attached hydrogen (secondary N) is 1. The lowest BCUT2D eigenvalue weighted by atomic mass is 10.0. The van der Waals surface area contributed by atoms with Gasteiger partial charge >= 0.3 is 6.18 Å². The Labute approximate surface area is 108 Å². The Morgan fingerprint density at radius 2 is 2.21 bits per heavy atom. The van der Waals surface area contributed by atoms with Crippen LogP contribution in [0.5, 0.6) is 0 Å². The zero-order chi connectivity index (χ0) is 13.9. The number of alkyl halides is 3. The fourth-order valence-corrected chi connectivity index (χ4v) is 1.94. The smallest absolute Gasteiger partial charge is 0.375 e. The number of hydrogen-bond donors (Lipinski definition) is 1. The molecule has 0 saturated carbocycles. The minimum atomic E-state index is -4.43. The van der Waals surface area contributed by atoms with E-state index in [1.165, 1.54) is 12.1 Å². The van der Waals surface area contributed by atoms with Gasteiger partial charge in [-0.3, -0.25) is 4.79 Å². The highest BCUT2D eigenvalue weighted by Crippen LogP contribution is 2.29. The number of ketones is 1. The Morgan fingerprint density at radius 1 is 1.42 bits per heavy atom. The molecular weight excluding hydrogens is 259 g/mol. The summed E-state index contributed by atoms with van der Waals surface area (Å²) in [5.41, 5.74) is -0.731. The van der Waals surface area contributed by atoms with Gasteiger partial charge in [-0.1, -0.05) is 12.1 Å². The molecule has 2 rings (SSSR count). The second kappa shape index (κ2) is 5.71. The molecule has 1 N–H and O–H groups in total. The summed E-state index contributed by atoms with van der Waals surface area (Å²) in [4.78, 5) is 11.9. The topological polar surface area (TPSA) is 38.3 Å². The van der Waals surface area contributed by atoms with Crippen molar-refractivity contribution in [1.29, 1.82) is 0 Å². The van der Waals surface area contributed by atoms with Crippen LogP contribution in [0.15, 0.2) is 24.3 Å². The van der Waals surface area contributed by atoms with E-state index in [2.05, 4.69) is 5.32 Å². The maximum atomic E-state index is 12.5. The molecule has 1 heterocycles. The van der Waals surface area contributed by atoms with Crippen molar-refractivity contribution >= 4 is 5.78 Å². The fourth-order valence-electron chi connectivity index (χ4n) is 1.94. The molecule has 0 aliphatic carbocycles. The van der Waals surface area contributed by atoms with E-state index in [1.54, 1.807) is 0 Å². The van der Waals surface area contributed by atoms with Gasteiger partial charge < -0.3 is 10.1 Å². The van der Waals surface area contributed by atoms with Crippen molar-refractivity contribution in [2.45, 2.75) is 18.7 Å². The van der Waals surface area contributed by atoms with E-state index >= 15 is 0 Å². The lowest BCUT2D eigenvalue weighted by molar-refractivity contribution is -0.137. The zero-order valence-corrected chi connectivity index (χ0v) is 10.2. The van der Waals surface area contributed by atoms with Crippen molar-refractivity contribution in [1.82, 2.24) is 5.32 Å². The molecule has 1 aliphatic rings. The first-order valence-electron chi connectivity index (χ1n) is 5.99. The summed E-state index contributed by atoms with van der Waals surface area (Å²) in [6.45, 7) is 1.79. The maximum absolute atomic E-state index is 12.5. The van der Waals surface area contributed by atoms with Crippen LogP contribution in [0.25, 0.3) is 0 Å². The molecular formula is C13H14F3NO2. The fraction of sp³-hybridized carbons (Fsp3) is 0.462. The van der Waals surface area contributed by atoms with Crippen LogP contribution in [0.3, 0.4) is 0 Å². The molecule has 1 aromatic carbocycles. The number of benzene rings is 1. The molecule has 0 spiro atoms. The van der Waals surface area contributed by atoms with E-state index in [9.17, 15) is 18.0 Å². The van der Waals surface area contributed by atoms with Crippen molar-refractivity contribution in [3.8, 4) is 0 Å². The molecule has 0 radical (unpaired) electrons. The van der Waals surface area contributed by atoms with Crippen LogP contribution < -0.4 is 5.32 Å². The Kier molecular flexibility index (Phi) is 4.21. The first-order chi connectivity index (χ1) is 8.97. The Morgan fingerprint density at radius 3 is 2.84 bits per heavy atom. The first kappa shape index (κ1) is 14.0. The highest BCUT2D eigenvalue weighted by molar-refractivity contribution is 5.96. The van der Waals surface area contributed by atoms with Crippen LogP contribution in [-0.2, 0) is 10.9 Å². The molecule has 1 fully saturated rings. The van der Waals surface area contributed by atoms with Crippen LogP contribution in [-0.4, -0.2) is 31.6 Å². The lowest BCUT2D eigenvalue weighted by Crippen LogP contribution is -2.39. The average molecular weight is 273 g/mol. The number of Topliss-reactive ketones (excluding diaryl/α,β-unsaturated/α-hetero) is 1. The summed E-state index contributed by atoms with van der Waals surface area (Å²) in [7, 11) is 0. The quantitative estimate of drug-likeness (QED) is 0.859. The zero-order valence-electron chi connectivity index (χ0n) is 10.2. The highest BCUT2D eigenvalue weighted by atomic mass is 19.4. The van der Waals surface area contributed by atoms with Gasteiger partial charge in [0.25, 0.3) is 0 Å². The number of rotatable bonds is 3. The van der Waals surface area contributed by atoms with E-state index < -0.39 is 11.7 Å². The molecule has 0 aromatic heterocycles. The van der Waals surface area contributed by atoms with Gasteiger partial charge in [0.15, 0.2) is 5.78 Å². The molecule has 3 nitrogen and oxygen atoms in total. The van der Waals surface area contributed by atoms with Crippen molar-refractivity contribution < 1.29 is 22.7 Å². The summed E-state index contributed by atoms with van der Waals surface area (Å²) in [5, 5.41) is 3.07. The molecule has 19 heavy (non-hydrogen) atoms. The Hall–Kier alpha value is -1.40. The van der Waals surface area contributed by atoms with Crippen LogP contribution >= 0.6 is 0 Å². The van der Waals surface area contributed by atoms with Crippen LogP contribution in [0, 0.1) is 0 Å². The summed E-state index contributed by atoms with van der Waals surface area (Å²) in [6.07, 6.45) is -4.61. The van der Waals surface area contributed by atoms with E-state index in [1.807, 2.05) is 0 Å². The molecule has 1 aromatic rings. The Bertz CT molecular complexity index is 453. The predicted octanol–water partition coefficient (Wildman–Crippen LogP) is 2.27. The molecule has 1 saturated heterocycles. The number of halogens is 3. The van der Waals surface area contributed by atoms with Crippen molar-refractivity contribution in [3.63, 3.8) is 0 Å². The van der Waals surface area contributed by atoms with Crippen LogP contribution in [0.2, 0.25) is 0 Å². The minimum Gasteiger partial charge on any atom is -0.375 e. The Balaban J connectivity index is 2.06. The first-order valence-corrected chi connectivity index (χ1v) is 5.99. The van der Waals surface area contributed by atoms with Gasteiger partial charge in [0, 0.05) is 25.1 Å². The summed E-state index contributed by atoms with van der Waals surface area (Å²) in [6, 6.07) is 4.48. The van der Waals surface area contributed by atoms with Gasteiger partial charge in [-0.2, -0.15) is 13.2 Å². The highest BCUT2D eigenvalue weighted by Gasteiger charge is 2.31. The van der Waals surface area contributed by atoms with Gasteiger partial charge in [-0.25, -0.2) is 0 Å². The normalized spacial score (nSPS) is 20.3.